The van der Waals surface area contributed by atoms with Gasteiger partial charge >= 0.3 is 5.97 Å². The molecular weight excluding hydrogens is 343 g/mol. The Labute approximate surface area is 149 Å². The summed E-state index contributed by atoms with van der Waals surface area (Å²) in [6.07, 6.45) is 1.69. The zero-order valence-corrected chi connectivity index (χ0v) is 14.4. The summed E-state index contributed by atoms with van der Waals surface area (Å²) in [5.41, 5.74) is 2.27. The zero-order valence-electron chi connectivity index (χ0n) is 13.6. The molecular formula is C19H15FO4S. The van der Waals surface area contributed by atoms with Crippen molar-refractivity contribution in [2.45, 2.75) is 11.8 Å². The highest BCUT2D eigenvalue weighted by Gasteiger charge is 2.31. The lowest BCUT2D eigenvalue weighted by atomic mass is 9.95. The maximum Gasteiger partial charge on any atom is 0.344 e. The van der Waals surface area contributed by atoms with E-state index in [2.05, 4.69) is 9.22 Å². The van der Waals surface area contributed by atoms with E-state index in [9.17, 15) is 9.18 Å². The smallest absolute Gasteiger partial charge is 0.344 e. The Balaban J connectivity index is 2.12. The summed E-state index contributed by atoms with van der Waals surface area (Å²) in [7, 11) is 1.34. The minimum Gasteiger partial charge on any atom is -0.423 e. The Morgan fingerprint density at radius 2 is 1.84 bits per heavy atom. The number of cyclic esters (lactones) is 1. The predicted molar refractivity (Wildman–Crippen MR) is 93.5 cm³/mol. The van der Waals surface area contributed by atoms with Gasteiger partial charge in [0, 0.05) is 5.57 Å². The molecule has 0 spiro atoms. The topological polar surface area (TPSA) is 44.8 Å². The van der Waals surface area contributed by atoms with Crippen molar-refractivity contribution in [1.29, 1.82) is 0 Å². The molecule has 0 atom stereocenters. The van der Waals surface area contributed by atoms with Crippen LogP contribution >= 0.6 is 12.0 Å². The van der Waals surface area contributed by atoms with Crippen LogP contribution in [-0.2, 0) is 18.8 Å². The van der Waals surface area contributed by atoms with Crippen LogP contribution in [0.4, 0.5) is 4.39 Å². The maximum absolute atomic E-state index is 14.4. The average molecular weight is 358 g/mol. The minimum atomic E-state index is -0.478. The second kappa shape index (κ2) is 7.65. The van der Waals surface area contributed by atoms with Crippen molar-refractivity contribution < 1.29 is 23.1 Å². The Hall–Kier alpha value is -2.41. The van der Waals surface area contributed by atoms with Crippen molar-refractivity contribution in [2.24, 2.45) is 0 Å². The first kappa shape index (κ1) is 17.4. The molecule has 0 unspecified atom stereocenters. The number of allylic oxidation sites excluding steroid dienone is 2. The van der Waals surface area contributed by atoms with E-state index in [0.29, 0.717) is 22.5 Å². The Bertz CT molecular complexity index is 859. The molecule has 0 aromatic heterocycles. The van der Waals surface area contributed by atoms with Gasteiger partial charge in [-0.2, -0.15) is 4.33 Å². The summed E-state index contributed by atoms with van der Waals surface area (Å²) in [6, 6.07) is 13.8. The third kappa shape index (κ3) is 3.51. The Morgan fingerprint density at radius 3 is 2.48 bits per heavy atom. The number of benzene rings is 2. The molecule has 128 valence electrons. The van der Waals surface area contributed by atoms with Gasteiger partial charge in [0.05, 0.1) is 29.6 Å². The standard InChI is InChI=1S/C19H15FO4S/c1-3-15-17(13-9-10-16(14(20)11-13)25-24-22-2)18(19(21)23-15)12-7-5-4-6-8-12/h3-11H,1-2H3. The summed E-state index contributed by atoms with van der Waals surface area (Å²) >= 11 is 0.776. The van der Waals surface area contributed by atoms with Crippen LogP contribution in [0.25, 0.3) is 11.1 Å². The second-order valence-corrected chi connectivity index (χ2v) is 5.86. The van der Waals surface area contributed by atoms with Gasteiger partial charge in [0.1, 0.15) is 11.6 Å². The Kier molecular flexibility index (Phi) is 5.33. The lowest BCUT2D eigenvalue weighted by molar-refractivity contribution is -0.160. The summed E-state index contributed by atoms with van der Waals surface area (Å²) in [6.45, 7) is 1.77. The molecule has 0 saturated carbocycles. The largest absolute Gasteiger partial charge is 0.423 e. The molecule has 6 heteroatoms. The van der Waals surface area contributed by atoms with Crippen molar-refractivity contribution >= 4 is 29.2 Å². The molecule has 3 rings (SSSR count). The van der Waals surface area contributed by atoms with E-state index in [1.807, 2.05) is 30.3 Å². The fourth-order valence-electron chi connectivity index (χ4n) is 2.58. The van der Waals surface area contributed by atoms with Crippen LogP contribution in [0.3, 0.4) is 0 Å². The van der Waals surface area contributed by atoms with Gasteiger partial charge in [-0.3, -0.25) is 0 Å². The molecule has 4 nitrogen and oxygen atoms in total. The number of halogens is 1. The molecule has 1 aliphatic rings. The lowest BCUT2D eigenvalue weighted by Gasteiger charge is -2.08. The molecule has 0 amide bonds. The van der Waals surface area contributed by atoms with E-state index in [1.54, 1.807) is 25.1 Å². The van der Waals surface area contributed by atoms with E-state index in [0.717, 1.165) is 17.6 Å². The first-order valence-corrected chi connectivity index (χ1v) is 8.25. The molecule has 1 heterocycles. The predicted octanol–water partition coefficient (Wildman–Crippen LogP) is 4.78. The number of hydrogen-bond acceptors (Lipinski definition) is 5. The summed E-state index contributed by atoms with van der Waals surface area (Å²) in [4.78, 5) is 17.1. The summed E-state index contributed by atoms with van der Waals surface area (Å²) < 4.78 is 24.4. The van der Waals surface area contributed by atoms with Crippen LogP contribution in [0.1, 0.15) is 18.1 Å². The van der Waals surface area contributed by atoms with Gasteiger partial charge in [-0.25, -0.2) is 14.1 Å². The van der Waals surface area contributed by atoms with Gasteiger partial charge in [0.2, 0.25) is 0 Å². The lowest BCUT2D eigenvalue weighted by Crippen LogP contribution is -1.98. The molecule has 2 aromatic carbocycles. The fourth-order valence-corrected chi connectivity index (χ4v) is 2.98. The molecule has 0 saturated heterocycles. The summed E-state index contributed by atoms with van der Waals surface area (Å²) in [5, 5.41) is 0. The van der Waals surface area contributed by atoms with Gasteiger partial charge in [-0.15, -0.1) is 0 Å². The van der Waals surface area contributed by atoms with Gasteiger partial charge in [0.15, 0.2) is 0 Å². The van der Waals surface area contributed by atoms with Gasteiger partial charge in [0.25, 0.3) is 0 Å². The first-order valence-electron chi connectivity index (χ1n) is 7.51. The number of rotatable bonds is 5. The van der Waals surface area contributed by atoms with Gasteiger partial charge < -0.3 is 4.74 Å². The number of esters is 1. The SMILES string of the molecule is CC=C1OC(=O)C(c2ccccc2)=C1c1ccc(SOOC)c(F)c1. The van der Waals surface area contributed by atoms with Crippen LogP contribution in [0.2, 0.25) is 0 Å². The fraction of sp³-hybridized carbons (Fsp3) is 0.105. The van der Waals surface area contributed by atoms with Crippen LogP contribution < -0.4 is 0 Å². The molecule has 25 heavy (non-hydrogen) atoms. The van der Waals surface area contributed by atoms with Crippen molar-refractivity contribution in [3.63, 3.8) is 0 Å². The zero-order chi connectivity index (χ0) is 17.8. The third-order valence-corrected chi connectivity index (χ3v) is 4.35. The molecule has 2 aromatic rings. The van der Waals surface area contributed by atoms with Crippen LogP contribution in [0, 0.1) is 5.82 Å². The molecule has 0 aliphatic carbocycles. The Morgan fingerprint density at radius 1 is 1.08 bits per heavy atom. The highest BCUT2D eigenvalue weighted by atomic mass is 32.2. The molecule has 1 aliphatic heterocycles. The molecule has 0 fully saturated rings. The van der Waals surface area contributed by atoms with Crippen LogP contribution in [0.5, 0.6) is 0 Å². The molecule has 0 bridgehead atoms. The first-order chi connectivity index (χ1) is 12.2. The number of ether oxygens (including phenoxy) is 1. The minimum absolute atomic E-state index is 0.278. The van der Waals surface area contributed by atoms with Crippen molar-refractivity contribution in [3.8, 4) is 0 Å². The van der Waals surface area contributed by atoms with E-state index in [4.69, 9.17) is 4.74 Å². The van der Waals surface area contributed by atoms with Crippen molar-refractivity contribution in [3.05, 3.63) is 77.3 Å². The highest BCUT2D eigenvalue weighted by molar-refractivity contribution is 7.94. The van der Waals surface area contributed by atoms with Crippen molar-refractivity contribution in [2.75, 3.05) is 7.11 Å². The highest BCUT2D eigenvalue weighted by Crippen LogP contribution is 2.40. The van der Waals surface area contributed by atoms with E-state index >= 15 is 0 Å². The summed E-state index contributed by atoms with van der Waals surface area (Å²) in [5.74, 6) is -0.512. The average Bonchev–Trinajstić information content (AvgIpc) is 2.97. The third-order valence-electron chi connectivity index (χ3n) is 3.64. The number of carbonyl (C=O) groups is 1. The van der Waals surface area contributed by atoms with E-state index < -0.39 is 11.8 Å². The monoisotopic (exact) mass is 358 g/mol. The normalized spacial score (nSPS) is 15.8. The number of hydrogen-bond donors (Lipinski definition) is 0. The van der Waals surface area contributed by atoms with Crippen LogP contribution in [0.15, 0.2) is 65.3 Å². The maximum atomic E-state index is 14.4. The van der Waals surface area contributed by atoms with Crippen molar-refractivity contribution in [1.82, 2.24) is 0 Å². The molecule has 0 radical (unpaired) electrons. The quantitative estimate of drug-likeness (QED) is 0.333. The molecule has 0 N–H and O–H groups in total. The number of carbonyl (C=O) groups excluding carboxylic acids is 1. The van der Waals surface area contributed by atoms with E-state index in [-0.39, 0.29) is 4.90 Å². The van der Waals surface area contributed by atoms with Crippen LogP contribution in [-0.4, -0.2) is 13.1 Å². The van der Waals surface area contributed by atoms with E-state index in [1.165, 1.54) is 13.2 Å². The van der Waals surface area contributed by atoms with Gasteiger partial charge in [-0.05, 0) is 36.3 Å². The van der Waals surface area contributed by atoms with Gasteiger partial charge in [-0.1, -0.05) is 36.4 Å². The second-order valence-electron chi connectivity index (χ2n) is 5.12.